The Labute approximate surface area is 196 Å². The molecule has 1 fully saturated rings. The van der Waals surface area contributed by atoms with Gasteiger partial charge in [-0.05, 0) is 54.2 Å². The third kappa shape index (κ3) is 6.63. The number of nitrogens with zero attached hydrogens (tertiary/aromatic N) is 1. The standard InChI is InChI=1S/C23H28F3N3O4S/c1-15-8-10-29(11-9-15)20-12-18(23(24,25)26)5-2-17(20)14-28-22(30)13-21(34(31,32)33)16-3-6-19(27)7-4-16/h2-7,12,15,21H,8-11,13-14,27H2,1H3,(H,28,30)(H,31,32,33). The van der Waals surface area contributed by atoms with Crippen molar-refractivity contribution in [2.24, 2.45) is 5.92 Å². The molecule has 7 nitrogen and oxygen atoms in total. The van der Waals surface area contributed by atoms with Crippen LogP contribution in [0.15, 0.2) is 42.5 Å². The van der Waals surface area contributed by atoms with Crippen LogP contribution in [0.3, 0.4) is 0 Å². The fourth-order valence-corrected chi connectivity index (χ4v) is 4.84. The average molecular weight is 500 g/mol. The van der Waals surface area contributed by atoms with Crippen molar-refractivity contribution >= 4 is 27.4 Å². The topological polar surface area (TPSA) is 113 Å². The van der Waals surface area contributed by atoms with E-state index in [4.69, 9.17) is 5.73 Å². The molecule has 2 aromatic carbocycles. The predicted octanol–water partition coefficient (Wildman–Crippen LogP) is 4.16. The third-order valence-corrected chi connectivity index (χ3v) is 7.21. The normalized spacial score (nSPS) is 16.3. The third-order valence-electron chi connectivity index (χ3n) is 6.05. The first-order chi connectivity index (χ1) is 15.8. The van der Waals surface area contributed by atoms with Crippen LogP contribution in [0, 0.1) is 5.92 Å². The SMILES string of the molecule is CC1CCN(c2cc(C(F)(F)F)ccc2CNC(=O)CC(c2ccc(N)cc2)S(=O)(=O)O)CC1. The molecule has 1 aliphatic rings. The fraction of sp³-hybridized carbons (Fsp3) is 0.435. The molecule has 1 heterocycles. The lowest BCUT2D eigenvalue weighted by Crippen LogP contribution is -2.34. The Bertz CT molecular complexity index is 1110. The quantitative estimate of drug-likeness (QED) is 0.390. The maximum absolute atomic E-state index is 13.3. The lowest BCUT2D eigenvalue weighted by atomic mass is 9.97. The highest BCUT2D eigenvalue weighted by molar-refractivity contribution is 7.86. The molecule has 0 spiro atoms. The van der Waals surface area contributed by atoms with Crippen LogP contribution in [0.5, 0.6) is 0 Å². The molecular weight excluding hydrogens is 471 g/mol. The summed E-state index contributed by atoms with van der Waals surface area (Å²) in [6.07, 6.45) is -3.36. The summed E-state index contributed by atoms with van der Waals surface area (Å²) in [4.78, 5) is 14.4. The Balaban J connectivity index is 1.77. The Morgan fingerprint density at radius 2 is 1.79 bits per heavy atom. The number of hydrogen-bond acceptors (Lipinski definition) is 5. The summed E-state index contributed by atoms with van der Waals surface area (Å²) < 4.78 is 73.3. The van der Waals surface area contributed by atoms with E-state index in [-0.39, 0.29) is 12.1 Å². The molecule has 3 rings (SSSR count). The number of nitrogens with one attached hydrogen (secondary N) is 1. The van der Waals surface area contributed by atoms with Crippen LogP contribution in [-0.4, -0.2) is 32.0 Å². The van der Waals surface area contributed by atoms with E-state index in [9.17, 15) is 30.9 Å². The Morgan fingerprint density at radius 1 is 1.18 bits per heavy atom. The summed E-state index contributed by atoms with van der Waals surface area (Å²) in [5, 5.41) is 1.09. The number of anilines is 2. The zero-order chi connectivity index (χ0) is 25.1. The molecule has 2 aromatic rings. The molecule has 0 bridgehead atoms. The van der Waals surface area contributed by atoms with E-state index >= 15 is 0 Å². The molecule has 186 valence electrons. The number of halogens is 3. The van der Waals surface area contributed by atoms with Gasteiger partial charge in [0.2, 0.25) is 5.91 Å². The van der Waals surface area contributed by atoms with Crippen LogP contribution >= 0.6 is 0 Å². The van der Waals surface area contributed by atoms with E-state index < -0.39 is 39.4 Å². The number of alkyl halides is 3. The maximum atomic E-state index is 13.3. The number of nitrogen functional groups attached to an aromatic ring is 1. The second kappa shape index (κ2) is 10.2. The summed E-state index contributed by atoms with van der Waals surface area (Å²) in [5.41, 5.74) is 6.31. The van der Waals surface area contributed by atoms with E-state index in [1.54, 1.807) is 0 Å². The minimum atomic E-state index is -4.60. The van der Waals surface area contributed by atoms with Crippen molar-refractivity contribution < 1.29 is 30.9 Å². The van der Waals surface area contributed by atoms with Gasteiger partial charge in [0.25, 0.3) is 10.1 Å². The molecule has 34 heavy (non-hydrogen) atoms. The van der Waals surface area contributed by atoms with Crippen LogP contribution in [0.25, 0.3) is 0 Å². The van der Waals surface area contributed by atoms with Gasteiger partial charge >= 0.3 is 6.18 Å². The number of nitrogens with two attached hydrogens (primary N) is 1. The van der Waals surface area contributed by atoms with Gasteiger partial charge in [0, 0.05) is 37.4 Å². The molecule has 0 radical (unpaired) electrons. The maximum Gasteiger partial charge on any atom is 0.416 e. The molecule has 4 N–H and O–H groups in total. The van der Waals surface area contributed by atoms with Gasteiger partial charge in [-0.1, -0.05) is 25.1 Å². The zero-order valence-corrected chi connectivity index (χ0v) is 19.5. The molecule has 1 amide bonds. The summed E-state index contributed by atoms with van der Waals surface area (Å²) in [7, 11) is -4.60. The molecule has 1 aliphatic heterocycles. The van der Waals surface area contributed by atoms with Crippen LogP contribution in [0.4, 0.5) is 24.5 Å². The summed E-state index contributed by atoms with van der Waals surface area (Å²) in [5.74, 6) is -0.187. The number of rotatable bonds is 7. The summed E-state index contributed by atoms with van der Waals surface area (Å²) in [6.45, 7) is 3.21. The summed E-state index contributed by atoms with van der Waals surface area (Å²) >= 11 is 0. The lowest BCUT2D eigenvalue weighted by molar-refractivity contribution is -0.137. The van der Waals surface area contributed by atoms with E-state index in [1.807, 2.05) is 4.90 Å². The molecule has 1 saturated heterocycles. The van der Waals surface area contributed by atoms with Crippen molar-refractivity contribution in [3.8, 4) is 0 Å². The lowest BCUT2D eigenvalue weighted by Gasteiger charge is -2.34. The highest BCUT2D eigenvalue weighted by Crippen LogP contribution is 2.35. The van der Waals surface area contributed by atoms with Crippen LogP contribution in [-0.2, 0) is 27.6 Å². The molecule has 0 saturated carbocycles. The zero-order valence-electron chi connectivity index (χ0n) is 18.7. The first-order valence-corrected chi connectivity index (χ1v) is 12.4. The van der Waals surface area contributed by atoms with E-state index in [2.05, 4.69) is 12.2 Å². The predicted molar refractivity (Wildman–Crippen MR) is 124 cm³/mol. The minimum absolute atomic E-state index is 0.0850. The first-order valence-electron chi connectivity index (χ1n) is 10.9. The average Bonchev–Trinajstić information content (AvgIpc) is 2.76. The van der Waals surface area contributed by atoms with Gasteiger partial charge in [-0.15, -0.1) is 0 Å². The van der Waals surface area contributed by atoms with Gasteiger partial charge in [-0.25, -0.2) is 0 Å². The van der Waals surface area contributed by atoms with E-state index in [1.165, 1.54) is 30.3 Å². The number of amides is 1. The fourth-order valence-electron chi connectivity index (χ4n) is 3.97. The molecule has 0 aromatic heterocycles. The monoisotopic (exact) mass is 499 g/mol. The van der Waals surface area contributed by atoms with Crippen molar-refractivity contribution in [2.75, 3.05) is 23.7 Å². The number of carbonyl (C=O) groups is 1. The highest BCUT2D eigenvalue weighted by atomic mass is 32.2. The second-order valence-corrected chi connectivity index (χ2v) is 10.3. The molecular formula is C23H28F3N3O4S. The molecule has 1 unspecified atom stereocenters. The molecule has 11 heteroatoms. The van der Waals surface area contributed by atoms with Gasteiger partial charge in [-0.2, -0.15) is 21.6 Å². The van der Waals surface area contributed by atoms with E-state index in [0.29, 0.717) is 35.9 Å². The van der Waals surface area contributed by atoms with Crippen molar-refractivity contribution in [3.63, 3.8) is 0 Å². The van der Waals surface area contributed by atoms with Crippen LogP contribution in [0.1, 0.15) is 48.1 Å². The van der Waals surface area contributed by atoms with E-state index in [0.717, 1.165) is 25.0 Å². The van der Waals surface area contributed by atoms with Gasteiger partial charge < -0.3 is 16.0 Å². The highest BCUT2D eigenvalue weighted by Gasteiger charge is 2.32. The van der Waals surface area contributed by atoms with Gasteiger partial charge in [0.05, 0.1) is 5.56 Å². The van der Waals surface area contributed by atoms with Crippen molar-refractivity contribution in [1.29, 1.82) is 0 Å². The Kier molecular flexibility index (Phi) is 7.77. The number of carbonyl (C=O) groups excluding carboxylic acids is 1. The largest absolute Gasteiger partial charge is 0.416 e. The number of hydrogen-bond donors (Lipinski definition) is 3. The van der Waals surface area contributed by atoms with Crippen molar-refractivity contribution in [2.45, 2.75) is 44.2 Å². The smallest absolute Gasteiger partial charge is 0.399 e. The number of benzene rings is 2. The van der Waals surface area contributed by atoms with Gasteiger partial charge in [0.1, 0.15) is 5.25 Å². The first kappa shape index (κ1) is 25.8. The minimum Gasteiger partial charge on any atom is -0.399 e. The number of piperidine rings is 1. The Hall–Kier alpha value is -2.79. The van der Waals surface area contributed by atoms with Gasteiger partial charge in [-0.3, -0.25) is 9.35 Å². The van der Waals surface area contributed by atoms with Crippen LogP contribution < -0.4 is 16.0 Å². The second-order valence-electron chi connectivity index (χ2n) is 8.66. The molecule has 1 atom stereocenters. The van der Waals surface area contributed by atoms with Crippen molar-refractivity contribution in [1.82, 2.24) is 5.32 Å². The molecule has 0 aliphatic carbocycles. The van der Waals surface area contributed by atoms with Gasteiger partial charge in [0.15, 0.2) is 0 Å². The van der Waals surface area contributed by atoms with Crippen LogP contribution in [0.2, 0.25) is 0 Å². The Morgan fingerprint density at radius 3 is 2.35 bits per heavy atom. The summed E-state index contributed by atoms with van der Waals surface area (Å²) in [6, 6.07) is 9.12. The van der Waals surface area contributed by atoms with Crippen molar-refractivity contribution in [3.05, 3.63) is 59.2 Å².